The molecule has 4 rings (SSSR count). The summed E-state index contributed by atoms with van der Waals surface area (Å²) < 4.78 is 10.9. The summed E-state index contributed by atoms with van der Waals surface area (Å²) in [6.45, 7) is 10.7. The highest BCUT2D eigenvalue weighted by molar-refractivity contribution is 5.79. The second-order valence-corrected chi connectivity index (χ2v) is 10.5. The maximum atomic E-state index is 13.3. The van der Waals surface area contributed by atoms with Crippen LogP contribution >= 0.6 is 0 Å². The Morgan fingerprint density at radius 3 is 2.31 bits per heavy atom. The summed E-state index contributed by atoms with van der Waals surface area (Å²) >= 11 is 0. The SMILES string of the molecule is COc1ccc(CN2C[C@@H](CN3CCN(C)CC3)C[C@@H](C(=O)NCc3ccc(C)cc3)C2)cc1OC. The zero-order chi connectivity index (χ0) is 25.5. The molecule has 2 fully saturated rings. The number of piperidine rings is 1. The Morgan fingerprint density at radius 2 is 1.61 bits per heavy atom. The van der Waals surface area contributed by atoms with Crippen molar-refractivity contribution in [3.05, 3.63) is 59.2 Å². The van der Waals surface area contributed by atoms with Crippen LogP contribution in [0.25, 0.3) is 0 Å². The molecule has 0 spiro atoms. The van der Waals surface area contributed by atoms with Crippen LogP contribution in [-0.4, -0.2) is 87.7 Å². The molecule has 0 aromatic heterocycles. The van der Waals surface area contributed by atoms with Crippen LogP contribution in [0.5, 0.6) is 11.5 Å². The van der Waals surface area contributed by atoms with E-state index in [1.54, 1.807) is 14.2 Å². The number of carbonyl (C=O) groups is 1. The fraction of sp³-hybridized carbons (Fsp3) is 0.552. The van der Waals surface area contributed by atoms with E-state index in [0.717, 1.165) is 75.8 Å². The molecule has 2 saturated heterocycles. The maximum Gasteiger partial charge on any atom is 0.224 e. The summed E-state index contributed by atoms with van der Waals surface area (Å²) in [5, 5.41) is 3.21. The number of benzene rings is 2. The zero-order valence-electron chi connectivity index (χ0n) is 22.3. The van der Waals surface area contributed by atoms with Crippen LogP contribution in [0.1, 0.15) is 23.1 Å². The van der Waals surface area contributed by atoms with Crippen LogP contribution in [0, 0.1) is 18.8 Å². The van der Waals surface area contributed by atoms with Gasteiger partial charge in [-0.05, 0) is 49.6 Å². The first-order valence-corrected chi connectivity index (χ1v) is 13.1. The van der Waals surface area contributed by atoms with Gasteiger partial charge in [0.25, 0.3) is 0 Å². The topological polar surface area (TPSA) is 57.3 Å². The van der Waals surface area contributed by atoms with Crippen molar-refractivity contribution in [1.82, 2.24) is 20.0 Å². The fourth-order valence-electron chi connectivity index (χ4n) is 5.43. The number of amides is 1. The lowest BCUT2D eigenvalue weighted by atomic mass is 9.87. The number of hydrogen-bond donors (Lipinski definition) is 1. The first-order valence-electron chi connectivity index (χ1n) is 13.1. The highest BCUT2D eigenvalue weighted by atomic mass is 16.5. The third kappa shape index (κ3) is 7.21. The Labute approximate surface area is 216 Å². The third-order valence-electron chi connectivity index (χ3n) is 7.54. The Bertz CT molecular complexity index is 989. The number of methoxy groups -OCH3 is 2. The molecule has 2 atom stereocenters. The minimum atomic E-state index is -0.0122. The molecule has 0 aliphatic carbocycles. The average molecular weight is 495 g/mol. The molecule has 0 saturated carbocycles. The fourth-order valence-corrected chi connectivity index (χ4v) is 5.43. The van der Waals surface area contributed by atoms with Crippen LogP contribution in [0.4, 0.5) is 0 Å². The molecule has 36 heavy (non-hydrogen) atoms. The van der Waals surface area contributed by atoms with Gasteiger partial charge >= 0.3 is 0 Å². The Balaban J connectivity index is 1.43. The normalized spacial score (nSPS) is 21.8. The van der Waals surface area contributed by atoms with Gasteiger partial charge in [0, 0.05) is 58.9 Å². The van der Waals surface area contributed by atoms with E-state index >= 15 is 0 Å². The van der Waals surface area contributed by atoms with E-state index in [1.807, 2.05) is 6.07 Å². The van der Waals surface area contributed by atoms with Crippen LogP contribution < -0.4 is 14.8 Å². The van der Waals surface area contributed by atoms with E-state index in [2.05, 4.69) is 70.4 Å². The number of nitrogens with zero attached hydrogens (tertiary/aromatic N) is 3. The summed E-state index contributed by atoms with van der Waals surface area (Å²) in [7, 11) is 5.52. The van der Waals surface area contributed by atoms with Gasteiger partial charge < -0.3 is 24.6 Å². The molecule has 0 bridgehead atoms. The molecular formula is C29H42N4O3. The number of nitrogens with one attached hydrogen (secondary N) is 1. The van der Waals surface area contributed by atoms with Gasteiger partial charge in [0.2, 0.25) is 5.91 Å². The molecule has 0 unspecified atom stereocenters. The van der Waals surface area contributed by atoms with Crippen molar-refractivity contribution >= 4 is 5.91 Å². The van der Waals surface area contributed by atoms with Crippen molar-refractivity contribution in [2.45, 2.75) is 26.4 Å². The summed E-state index contributed by atoms with van der Waals surface area (Å²) in [6, 6.07) is 14.5. The second-order valence-electron chi connectivity index (χ2n) is 10.5. The van der Waals surface area contributed by atoms with Gasteiger partial charge in [0.1, 0.15) is 0 Å². The van der Waals surface area contributed by atoms with E-state index in [9.17, 15) is 4.79 Å². The summed E-state index contributed by atoms with van der Waals surface area (Å²) in [6.07, 6.45) is 0.939. The molecule has 196 valence electrons. The van der Waals surface area contributed by atoms with E-state index in [4.69, 9.17) is 9.47 Å². The Kier molecular flexibility index (Phi) is 9.24. The van der Waals surface area contributed by atoms with Crippen LogP contribution in [0.15, 0.2) is 42.5 Å². The molecular weight excluding hydrogens is 452 g/mol. The van der Waals surface area contributed by atoms with E-state index < -0.39 is 0 Å². The summed E-state index contributed by atoms with van der Waals surface area (Å²) in [5.41, 5.74) is 3.54. The lowest BCUT2D eigenvalue weighted by Crippen LogP contribution is -2.51. The van der Waals surface area contributed by atoms with Gasteiger partial charge in [0.05, 0.1) is 20.1 Å². The minimum absolute atomic E-state index is 0.0122. The predicted octanol–water partition coefficient (Wildman–Crippen LogP) is 3.01. The summed E-state index contributed by atoms with van der Waals surface area (Å²) in [4.78, 5) is 20.7. The smallest absolute Gasteiger partial charge is 0.224 e. The molecule has 1 N–H and O–H groups in total. The molecule has 2 aromatic rings. The van der Waals surface area contributed by atoms with Crippen molar-refractivity contribution in [2.75, 3.05) is 67.1 Å². The molecule has 2 heterocycles. The van der Waals surface area contributed by atoms with Crippen LogP contribution in [-0.2, 0) is 17.9 Å². The van der Waals surface area contributed by atoms with Gasteiger partial charge in [-0.25, -0.2) is 0 Å². The van der Waals surface area contributed by atoms with Gasteiger partial charge in [-0.3, -0.25) is 9.69 Å². The minimum Gasteiger partial charge on any atom is -0.493 e. The Morgan fingerprint density at radius 1 is 0.917 bits per heavy atom. The average Bonchev–Trinajstić information content (AvgIpc) is 2.89. The largest absolute Gasteiger partial charge is 0.493 e. The van der Waals surface area contributed by atoms with Gasteiger partial charge in [-0.15, -0.1) is 0 Å². The number of aryl methyl sites for hydroxylation is 1. The second kappa shape index (κ2) is 12.6. The first kappa shape index (κ1) is 26.5. The monoisotopic (exact) mass is 494 g/mol. The van der Waals surface area contributed by atoms with E-state index in [-0.39, 0.29) is 11.8 Å². The van der Waals surface area contributed by atoms with E-state index in [0.29, 0.717) is 12.5 Å². The van der Waals surface area contributed by atoms with Crippen LogP contribution in [0.3, 0.4) is 0 Å². The van der Waals surface area contributed by atoms with Crippen molar-refractivity contribution in [2.24, 2.45) is 11.8 Å². The third-order valence-corrected chi connectivity index (χ3v) is 7.54. The number of likely N-dealkylation sites (tertiary alicyclic amines) is 1. The zero-order valence-corrected chi connectivity index (χ0v) is 22.3. The number of likely N-dealkylation sites (N-methyl/N-ethyl adjacent to an activating group) is 1. The maximum absolute atomic E-state index is 13.3. The molecule has 7 nitrogen and oxygen atoms in total. The number of piperazine rings is 1. The van der Waals surface area contributed by atoms with Crippen molar-refractivity contribution in [3.63, 3.8) is 0 Å². The molecule has 7 heteroatoms. The van der Waals surface area contributed by atoms with Gasteiger partial charge in [0.15, 0.2) is 11.5 Å². The predicted molar refractivity (Wildman–Crippen MR) is 143 cm³/mol. The summed E-state index contributed by atoms with van der Waals surface area (Å²) in [5.74, 6) is 2.10. The highest BCUT2D eigenvalue weighted by Crippen LogP contribution is 2.30. The first-order chi connectivity index (χ1) is 17.4. The Hall–Kier alpha value is -2.61. The number of ether oxygens (including phenoxy) is 2. The highest BCUT2D eigenvalue weighted by Gasteiger charge is 2.33. The molecule has 2 aromatic carbocycles. The number of hydrogen-bond acceptors (Lipinski definition) is 6. The number of carbonyl (C=O) groups excluding carboxylic acids is 1. The molecule has 0 radical (unpaired) electrons. The van der Waals surface area contributed by atoms with Gasteiger partial charge in [-0.2, -0.15) is 0 Å². The van der Waals surface area contributed by atoms with Crippen LogP contribution in [0.2, 0.25) is 0 Å². The standard InChI is InChI=1S/C29H42N4O3/c1-22-5-7-23(8-6-22)17-30-29(34)26-15-25(19-32-13-11-31(2)12-14-32)20-33(21-26)18-24-9-10-27(35-3)28(16-24)36-4/h5-10,16,25-26H,11-15,17-21H2,1-4H3,(H,30,34)/t25-,26-/m1/s1. The van der Waals surface area contributed by atoms with Gasteiger partial charge in [-0.1, -0.05) is 35.9 Å². The number of rotatable bonds is 9. The van der Waals surface area contributed by atoms with E-state index in [1.165, 1.54) is 11.1 Å². The van der Waals surface area contributed by atoms with Crippen molar-refractivity contribution in [3.8, 4) is 11.5 Å². The quantitative estimate of drug-likeness (QED) is 0.579. The lowest BCUT2D eigenvalue weighted by molar-refractivity contribution is -0.128. The van der Waals surface area contributed by atoms with Crippen molar-refractivity contribution < 1.29 is 14.3 Å². The van der Waals surface area contributed by atoms with Crippen molar-refractivity contribution in [1.29, 1.82) is 0 Å². The lowest BCUT2D eigenvalue weighted by Gasteiger charge is -2.41. The molecule has 2 aliphatic heterocycles. The molecule has 1 amide bonds. The molecule has 2 aliphatic rings.